The van der Waals surface area contributed by atoms with Crippen molar-refractivity contribution in [2.45, 2.75) is 6.92 Å². The summed E-state index contributed by atoms with van der Waals surface area (Å²) in [5.41, 5.74) is 1.25. The first-order chi connectivity index (χ1) is 11.6. The molecule has 0 saturated carbocycles. The highest BCUT2D eigenvalue weighted by Crippen LogP contribution is 2.36. The number of ether oxygens (including phenoxy) is 3. The molecule has 4 nitrogen and oxygen atoms in total. The summed E-state index contributed by atoms with van der Waals surface area (Å²) in [6.45, 7) is 2.38. The number of benzene rings is 2. The van der Waals surface area contributed by atoms with Gasteiger partial charge in [0.05, 0.1) is 31.4 Å². The van der Waals surface area contributed by atoms with Gasteiger partial charge in [-0.1, -0.05) is 29.8 Å². The minimum absolute atomic E-state index is 0.148. The van der Waals surface area contributed by atoms with Crippen molar-refractivity contribution in [1.29, 1.82) is 0 Å². The van der Waals surface area contributed by atoms with Crippen LogP contribution in [-0.2, 0) is 0 Å². The van der Waals surface area contributed by atoms with Gasteiger partial charge in [0.15, 0.2) is 17.3 Å². The Labute approximate surface area is 146 Å². The van der Waals surface area contributed by atoms with Crippen LogP contribution in [0.3, 0.4) is 0 Å². The fourth-order valence-corrected chi connectivity index (χ4v) is 2.54. The van der Waals surface area contributed by atoms with Crippen molar-refractivity contribution in [3.63, 3.8) is 0 Å². The third kappa shape index (κ3) is 4.09. The lowest BCUT2D eigenvalue weighted by molar-refractivity contribution is 0.104. The van der Waals surface area contributed by atoms with E-state index in [1.165, 1.54) is 20.3 Å². The molecule has 0 saturated heterocycles. The number of ketones is 1. The van der Waals surface area contributed by atoms with Crippen LogP contribution in [0.1, 0.15) is 22.8 Å². The molecule has 0 radical (unpaired) electrons. The molecule has 0 aliphatic carbocycles. The second kappa shape index (κ2) is 8.41. The van der Waals surface area contributed by atoms with Gasteiger partial charge < -0.3 is 14.2 Å². The number of methoxy groups -OCH3 is 2. The summed E-state index contributed by atoms with van der Waals surface area (Å²) in [5, 5.41) is 0.415. The predicted octanol–water partition coefficient (Wildman–Crippen LogP) is 4.65. The highest BCUT2D eigenvalue weighted by molar-refractivity contribution is 6.32. The molecule has 126 valence electrons. The van der Waals surface area contributed by atoms with Crippen LogP contribution in [0.2, 0.25) is 5.02 Å². The van der Waals surface area contributed by atoms with Gasteiger partial charge in [0, 0.05) is 0 Å². The van der Waals surface area contributed by atoms with E-state index in [1.807, 2.05) is 13.0 Å². The molecular weight excluding hydrogens is 328 g/mol. The van der Waals surface area contributed by atoms with E-state index in [0.29, 0.717) is 34.4 Å². The number of carbonyl (C=O) groups is 1. The van der Waals surface area contributed by atoms with Crippen LogP contribution < -0.4 is 14.2 Å². The third-order valence-corrected chi connectivity index (χ3v) is 3.62. The van der Waals surface area contributed by atoms with Gasteiger partial charge in [0.2, 0.25) is 0 Å². The van der Waals surface area contributed by atoms with E-state index in [2.05, 4.69) is 0 Å². The average Bonchev–Trinajstić information content (AvgIpc) is 2.59. The van der Waals surface area contributed by atoms with Crippen LogP contribution >= 0.6 is 11.6 Å². The number of carbonyl (C=O) groups excluding carboxylic acids is 1. The van der Waals surface area contributed by atoms with Crippen molar-refractivity contribution in [3.05, 3.63) is 58.6 Å². The van der Waals surface area contributed by atoms with E-state index in [0.717, 1.165) is 5.56 Å². The van der Waals surface area contributed by atoms with Gasteiger partial charge in [-0.3, -0.25) is 4.79 Å². The van der Waals surface area contributed by atoms with Crippen molar-refractivity contribution in [3.8, 4) is 17.2 Å². The minimum Gasteiger partial charge on any atom is -0.493 e. The monoisotopic (exact) mass is 346 g/mol. The molecule has 0 bridgehead atoms. The summed E-state index contributed by atoms with van der Waals surface area (Å²) in [4.78, 5) is 12.4. The molecule has 0 aliphatic heterocycles. The van der Waals surface area contributed by atoms with Gasteiger partial charge in [-0.25, -0.2) is 0 Å². The summed E-state index contributed by atoms with van der Waals surface area (Å²) in [6, 6.07) is 10.6. The van der Waals surface area contributed by atoms with Crippen LogP contribution in [0.15, 0.2) is 42.5 Å². The van der Waals surface area contributed by atoms with Gasteiger partial charge in [-0.15, -0.1) is 0 Å². The fourth-order valence-electron chi connectivity index (χ4n) is 2.25. The molecule has 2 aromatic rings. The first-order valence-electron chi connectivity index (χ1n) is 7.46. The van der Waals surface area contributed by atoms with E-state index in [-0.39, 0.29) is 5.78 Å². The zero-order chi connectivity index (χ0) is 17.5. The topological polar surface area (TPSA) is 44.8 Å². The lowest BCUT2D eigenvalue weighted by atomic mass is 10.1. The van der Waals surface area contributed by atoms with Gasteiger partial charge in [0.25, 0.3) is 0 Å². The maximum atomic E-state index is 12.4. The summed E-state index contributed by atoms with van der Waals surface area (Å²) in [5.74, 6) is 1.39. The van der Waals surface area contributed by atoms with Crippen LogP contribution in [0.25, 0.3) is 6.08 Å². The molecule has 0 N–H and O–H groups in total. The van der Waals surface area contributed by atoms with Crippen LogP contribution in [-0.4, -0.2) is 26.6 Å². The highest BCUT2D eigenvalue weighted by Gasteiger charge is 2.11. The molecule has 24 heavy (non-hydrogen) atoms. The van der Waals surface area contributed by atoms with E-state index in [4.69, 9.17) is 25.8 Å². The minimum atomic E-state index is -0.148. The summed E-state index contributed by atoms with van der Waals surface area (Å²) in [6.07, 6.45) is 3.16. The second-order valence-electron chi connectivity index (χ2n) is 4.86. The Bertz CT molecular complexity index is 753. The normalized spacial score (nSPS) is 10.7. The standard InChI is InChI=1S/C19H19ClO4/c1-4-24-17-8-6-5-7-14(17)16(21)10-9-13-11-15(20)19(23-3)18(12-13)22-2/h5-12H,4H2,1-3H3/b10-9+. The molecule has 0 aliphatic rings. The summed E-state index contributed by atoms with van der Waals surface area (Å²) in [7, 11) is 3.05. The van der Waals surface area contributed by atoms with E-state index < -0.39 is 0 Å². The number of allylic oxidation sites excluding steroid dienone is 1. The average molecular weight is 347 g/mol. The molecule has 2 aromatic carbocycles. The molecule has 0 heterocycles. The van der Waals surface area contributed by atoms with E-state index >= 15 is 0 Å². The first-order valence-corrected chi connectivity index (χ1v) is 7.84. The molecule has 0 atom stereocenters. The van der Waals surface area contributed by atoms with Gasteiger partial charge in [-0.2, -0.15) is 0 Å². The SMILES string of the molecule is CCOc1ccccc1C(=O)/C=C/c1cc(Cl)c(OC)c(OC)c1. The lowest BCUT2D eigenvalue weighted by Gasteiger charge is -2.10. The Morgan fingerprint density at radius 2 is 1.88 bits per heavy atom. The summed E-state index contributed by atoms with van der Waals surface area (Å²) >= 11 is 6.17. The Kier molecular flexibility index (Phi) is 6.27. The molecule has 0 spiro atoms. The van der Waals surface area contributed by atoms with Crippen molar-refractivity contribution in [1.82, 2.24) is 0 Å². The number of hydrogen-bond acceptors (Lipinski definition) is 4. The Morgan fingerprint density at radius 1 is 1.12 bits per heavy atom. The maximum absolute atomic E-state index is 12.4. The second-order valence-corrected chi connectivity index (χ2v) is 5.27. The molecule has 0 aromatic heterocycles. The first kappa shape index (κ1) is 17.9. The number of hydrogen-bond donors (Lipinski definition) is 0. The largest absolute Gasteiger partial charge is 0.493 e. The van der Waals surface area contributed by atoms with Crippen LogP contribution in [0, 0.1) is 0 Å². The van der Waals surface area contributed by atoms with Gasteiger partial charge in [0.1, 0.15) is 5.75 Å². The molecule has 0 unspecified atom stereocenters. The zero-order valence-electron chi connectivity index (χ0n) is 13.8. The Balaban J connectivity index is 2.28. The van der Waals surface area contributed by atoms with Crippen LogP contribution in [0.5, 0.6) is 17.2 Å². The van der Waals surface area contributed by atoms with Crippen LogP contribution in [0.4, 0.5) is 0 Å². The van der Waals surface area contributed by atoms with Crippen molar-refractivity contribution < 1.29 is 19.0 Å². The van der Waals surface area contributed by atoms with E-state index in [9.17, 15) is 4.79 Å². The van der Waals surface area contributed by atoms with Gasteiger partial charge in [-0.05, 0) is 42.8 Å². The third-order valence-electron chi connectivity index (χ3n) is 3.34. The molecule has 0 amide bonds. The van der Waals surface area contributed by atoms with Crippen molar-refractivity contribution in [2.75, 3.05) is 20.8 Å². The number of halogens is 1. The molecular formula is C19H19ClO4. The predicted molar refractivity (Wildman–Crippen MR) is 95.5 cm³/mol. The van der Waals surface area contributed by atoms with Crippen molar-refractivity contribution in [2.24, 2.45) is 0 Å². The zero-order valence-corrected chi connectivity index (χ0v) is 14.6. The maximum Gasteiger partial charge on any atom is 0.189 e. The quantitative estimate of drug-likeness (QED) is 0.540. The lowest BCUT2D eigenvalue weighted by Crippen LogP contribution is -2.01. The highest BCUT2D eigenvalue weighted by atomic mass is 35.5. The Morgan fingerprint density at radius 3 is 2.54 bits per heavy atom. The molecule has 5 heteroatoms. The smallest absolute Gasteiger partial charge is 0.189 e. The Hall–Kier alpha value is -2.46. The number of rotatable bonds is 7. The van der Waals surface area contributed by atoms with E-state index in [1.54, 1.807) is 36.4 Å². The molecule has 0 fully saturated rings. The fraction of sp³-hybridized carbons (Fsp3) is 0.211. The summed E-state index contributed by atoms with van der Waals surface area (Å²) < 4.78 is 15.9. The van der Waals surface area contributed by atoms with Gasteiger partial charge >= 0.3 is 0 Å². The van der Waals surface area contributed by atoms with Crippen molar-refractivity contribution >= 4 is 23.5 Å². The molecule has 2 rings (SSSR count). The number of para-hydroxylation sites is 1.